The number of alkyl halides is 5. The van der Waals surface area contributed by atoms with Crippen LogP contribution in [0.2, 0.25) is 0 Å². The molecule has 2 aromatic heterocycles. The first-order valence-electron chi connectivity index (χ1n) is 10.4. The van der Waals surface area contributed by atoms with Crippen LogP contribution in [0.3, 0.4) is 0 Å². The maximum absolute atomic E-state index is 12.8. The summed E-state index contributed by atoms with van der Waals surface area (Å²) in [6.45, 7) is -2.44. The van der Waals surface area contributed by atoms with Gasteiger partial charge in [0.15, 0.2) is 5.82 Å². The number of hydrogen-bond acceptors (Lipinski definition) is 6. The highest BCUT2D eigenvalue weighted by Gasteiger charge is 2.39. The van der Waals surface area contributed by atoms with Gasteiger partial charge in [-0.2, -0.15) is 31.9 Å². The summed E-state index contributed by atoms with van der Waals surface area (Å²) in [6.07, 6.45) is -3.18. The van der Waals surface area contributed by atoms with Crippen LogP contribution in [0.15, 0.2) is 65.8 Å². The van der Waals surface area contributed by atoms with E-state index in [2.05, 4.69) is 14.7 Å². The third kappa shape index (κ3) is 5.23. The number of halogens is 5. The molecule has 0 saturated heterocycles. The molecule has 0 spiro atoms. The summed E-state index contributed by atoms with van der Waals surface area (Å²) in [5, 5.41) is 10.3. The van der Waals surface area contributed by atoms with Crippen LogP contribution in [0.1, 0.15) is 12.5 Å². The second-order valence-corrected chi connectivity index (χ2v) is 9.40. The normalized spacial score (nSPS) is 13.0. The molecule has 4 rings (SSSR count). The van der Waals surface area contributed by atoms with Gasteiger partial charge in [-0.1, -0.05) is 18.2 Å². The van der Waals surface area contributed by atoms with Gasteiger partial charge >= 0.3 is 12.8 Å². The van der Waals surface area contributed by atoms with E-state index in [0.29, 0.717) is 23.5 Å². The molecule has 0 aliphatic carbocycles. The zero-order valence-corrected chi connectivity index (χ0v) is 19.6. The minimum atomic E-state index is -4.81. The smallest absolute Gasteiger partial charge is 0.404 e. The van der Waals surface area contributed by atoms with E-state index in [1.165, 1.54) is 27.5 Å². The van der Waals surface area contributed by atoms with Crippen LogP contribution in [-0.2, 0) is 10.0 Å². The van der Waals surface area contributed by atoms with Crippen LogP contribution in [0, 0.1) is 11.3 Å². The van der Waals surface area contributed by atoms with Gasteiger partial charge in [0.05, 0.1) is 23.5 Å². The fraction of sp³-hybridized carbons (Fsp3) is 0.174. The average Bonchev–Trinajstić information content (AvgIpc) is 3.17. The zero-order chi connectivity index (χ0) is 27.0. The molecular formula is C23H16F5N5O3S. The summed E-state index contributed by atoms with van der Waals surface area (Å²) in [4.78, 5) is 7.40. The van der Waals surface area contributed by atoms with Gasteiger partial charge in [-0.15, -0.1) is 0 Å². The van der Waals surface area contributed by atoms with E-state index < -0.39 is 33.7 Å². The van der Waals surface area contributed by atoms with E-state index in [-0.39, 0.29) is 22.8 Å². The highest BCUT2D eigenvalue weighted by molar-refractivity contribution is 7.89. The molecule has 0 bridgehead atoms. The number of fused-ring (bicyclic) bond motifs is 1. The second-order valence-electron chi connectivity index (χ2n) is 7.69. The minimum Gasteiger partial charge on any atom is -0.435 e. The Bertz CT molecular complexity index is 1580. The molecule has 4 aromatic rings. The molecule has 1 atom stereocenters. The third-order valence-corrected chi connectivity index (χ3v) is 6.76. The van der Waals surface area contributed by atoms with E-state index in [0.717, 1.165) is 12.4 Å². The lowest BCUT2D eigenvalue weighted by Gasteiger charge is -2.17. The predicted molar refractivity (Wildman–Crippen MR) is 121 cm³/mol. The molecule has 0 saturated carbocycles. The number of para-hydroxylation sites is 1. The summed E-state index contributed by atoms with van der Waals surface area (Å²) in [6, 6.07) is 12.1. The number of nitriles is 1. The van der Waals surface area contributed by atoms with Crippen LogP contribution >= 0.6 is 0 Å². The summed E-state index contributed by atoms with van der Waals surface area (Å²) in [5.41, 5.74) is 0.969. The van der Waals surface area contributed by atoms with Crippen molar-refractivity contribution in [2.75, 3.05) is 0 Å². The van der Waals surface area contributed by atoms with Crippen molar-refractivity contribution < 1.29 is 35.1 Å². The van der Waals surface area contributed by atoms with Gasteiger partial charge < -0.3 is 9.30 Å². The molecule has 2 heterocycles. The number of nitrogens with zero attached hydrogens (tertiary/aromatic N) is 4. The van der Waals surface area contributed by atoms with Crippen molar-refractivity contribution in [1.82, 2.24) is 19.3 Å². The Balaban J connectivity index is 1.88. The SMILES string of the molecule is C[C@H](NS(=O)(=O)c1cnc(-c2c(C#N)c3ccc(OC(F)F)cc3n2-c2ccccc2)nc1)C(F)(F)F. The summed E-state index contributed by atoms with van der Waals surface area (Å²) >= 11 is 0. The van der Waals surface area contributed by atoms with Gasteiger partial charge in [-0.3, -0.25) is 0 Å². The highest BCUT2D eigenvalue weighted by atomic mass is 32.2. The summed E-state index contributed by atoms with van der Waals surface area (Å²) in [5.74, 6) is -0.295. The Morgan fingerprint density at radius 1 is 1.08 bits per heavy atom. The van der Waals surface area contributed by atoms with Crippen molar-refractivity contribution in [3.05, 3.63) is 66.5 Å². The molecular weight excluding hydrogens is 521 g/mol. The Kier molecular flexibility index (Phi) is 6.85. The molecule has 0 aliphatic heterocycles. The van der Waals surface area contributed by atoms with Crippen LogP contribution in [0.25, 0.3) is 28.1 Å². The second kappa shape index (κ2) is 9.75. The lowest BCUT2D eigenvalue weighted by atomic mass is 10.1. The van der Waals surface area contributed by atoms with E-state index in [1.807, 2.05) is 6.07 Å². The van der Waals surface area contributed by atoms with Crippen molar-refractivity contribution >= 4 is 20.9 Å². The number of aromatic nitrogens is 3. The summed E-state index contributed by atoms with van der Waals surface area (Å²) < 4.78 is 96.4. The number of benzene rings is 2. The van der Waals surface area contributed by atoms with Crippen molar-refractivity contribution in [2.24, 2.45) is 0 Å². The van der Waals surface area contributed by atoms with Crippen molar-refractivity contribution in [1.29, 1.82) is 5.26 Å². The third-order valence-electron chi connectivity index (χ3n) is 5.26. The zero-order valence-electron chi connectivity index (χ0n) is 18.7. The molecule has 1 N–H and O–H groups in total. The first-order chi connectivity index (χ1) is 17.4. The highest BCUT2D eigenvalue weighted by Crippen LogP contribution is 2.36. The lowest BCUT2D eigenvalue weighted by molar-refractivity contribution is -0.147. The molecule has 14 heteroatoms. The van der Waals surface area contributed by atoms with E-state index in [9.17, 15) is 35.6 Å². The summed E-state index contributed by atoms with van der Waals surface area (Å²) in [7, 11) is -4.62. The topological polar surface area (TPSA) is 110 Å². The van der Waals surface area contributed by atoms with E-state index in [4.69, 9.17) is 0 Å². The first-order valence-corrected chi connectivity index (χ1v) is 11.9. The Morgan fingerprint density at radius 3 is 2.30 bits per heavy atom. The standard InChI is InChI=1S/C23H16F5N5O3S/c1-13(23(26,27)28)32-37(34,35)16-11-30-21(31-12-16)20-18(10-29)17-8-7-15(36-22(24)25)9-19(17)33(20)14-5-3-2-4-6-14/h2-9,11-13,22,32H,1H3/t13-/m0/s1. The maximum atomic E-state index is 12.8. The van der Waals surface area contributed by atoms with Gasteiger partial charge in [-0.05, 0) is 31.2 Å². The van der Waals surface area contributed by atoms with E-state index in [1.54, 1.807) is 30.3 Å². The lowest BCUT2D eigenvalue weighted by Crippen LogP contribution is -2.43. The van der Waals surface area contributed by atoms with Gasteiger partial charge in [0.2, 0.25) is 10.0 Å². The molecule has 2 aromatic carbocycles. The molecule has 37 heavy (non-hydrogen) atoms. The van der Waals surface area contributed by atoms with Crippen molar-refractivity contribution in [3.8, 4) is 29.0 Å². The molecule has 8 nitrogen and oxygen atoms in total. The van der Waals surface area contributed by atoms with Crippen LogP contribution < -0.4 is 9.46 Å². The molecule has 0 unspecified atom stereocenters. The fourth-order valence-electron chi connectivity index (χ4n) is 3.56. The number of rotatable bonds is 7. The van der Waals surface area contributed by atoms with Crippen LogP contribution in [-0.4, -0.2) is 41.8 Å². The fourth-order valence-corrected chi connectivity index (χ4v) is 4.68. The average molecular weight is 537 g/mol. The Labute approximate surface area is 207 Å². The Hall–Kier alpha value is -4.09. The van der Waals surface area contributed by atoms with Gasteiger partial charge in [0.1, 0.15) is 28.4 Å². The molecule has 192 valence electrons. The number of hydrogen-bond donors (Lipinski definition) is 1. The number of sulfonamides is 1. The van der Waals surface area contributed by atoms with Gasteiger partial charge in [0, 0.05) is 17.1 Å². The number of ether oxygens (including phenoxy) is 1. The predicted octanol–water partition coefficient (Wildman–Crippen LogP) is 4.79. The molecule has 0 fully saturated rings. The first kappa shape index (κ1) is 26.0. The van der Waals surface area contributed by atoms with Crippen molar-refractivity contribution in [3.63, 3.8) is 0 Å². The largest absolute Gasteiger partial charge is 0.435 e. The molecule has 0 aliphatic rings. The molecule has 0 amide bonds. The minimum absolute atomic E-state index is 0.0573. The maximum Gasteiger partial charge on any atom is 0.404 e. The molecule has 0 radical (unpaired) electrons. The quantitative estimate of drug-likeness (QED) is 0.340. The van der Waals surface area contributed by atoms with Gasteiger partial charge in [-0.25, -0.2) is 18.4 Å². The number of nitrogens with one attached hydrogen (secondary N) is 1. The van der Waals surface area contributed by atoms with Gasteiger partial charge in [0.25, 0.3) is 0 Å². The monoisotopic (exact) mass is 537 g/mol. The van der Waals surface area contributed by atoms with Crippen LogP contribution in [0.4, 0.5) is 22.0 Å². The van der Waals surface area contributed by atoms with E-state index >= 15 is 0 Å². The van der Waals surface area contributed by atoms with Crippen LogP contribution in [0.5, 0.6) is 5.75 Å². The van der Waals surface area contributed by atoms with Crippen molar-refractivity contribution in [2.45, 2.75) is 30.6 Å². The Morgan fingerprint density at radius 2 is 1.73 bits per heavy atom.